The van der Waals surface area contributed by atoms with Crippen molar-refractivity contribution in [3.05, 3.63) is 83.0 Å². The van der Waals surface area contributed by atoms with Gasteiger partial charge in [-0.05, 0) is 37.3 Å². The number of halogens is 1. The summed E-state index contributed by atoms with van der Waals surface area (Å²) in [4.78, 5) is 19.1. The Balaban J connectivity index is 1.77. The number of nitrogens with one attached hydrogen (secondary N) is 1. The normalized spacial score (nSPS) is 15.6. The van der Waals surface area contributed by atoms with Crippen LogP contribution in [-0.2, 0) is 0 Å². The molecule has 2 aromatic carbocycles. The van der Waals surface area contributed by atoms with Crippen molar-refractivity contribution < 1.29 is 9.53 Å². The van der Waals surface area contributed by atoms with Gasteiger partial charge in [0.2, 0.25) is 0 Å². The molecule has 1 unspecified atom stereocenters. The monoisotopic (exact) mass is 379 g/mol. The third-order valence-electron chi connectivity index (χ3n) is 4.40. The Morgan fingerprint density at radius 3 is 2.67 bits per heavy atom. The van der Waals surface area contributed by atoms with E-state index in [-0.39, 0.29) is 5.91 Å². The first kappa shape index (κ1) is 17.4. The molecule has 0 spiro atoms. The van der Waals surface area contributed by atoms with Crippen molar-refractivity contribution in [3.63, 3.8) is 0 Å². The van der Waals surface area contributed by atoms with Crippen LogP contribution < -0.4 is 15.0 Å². The number of nitrogens with zero attached hydrogens (tertiary/aromatic N) is 2. The number of pyridine rings is 1. The summed E-state index contributed by atoms with van der Waals surface area (Å²) in [5, 5.41) is 3.97. The number of anilines is 2. The Bertz CT molecular complexity index is 975. The molecular weight excluding hydrogens is 362 g/mol. The number of hydrogen-bond acceptors (Lipinski definition) is 4. The topological polar surface area (TPSA) is 54.5 Å². The van der Waals surface area contributed by atoms with Gasteiger partial charge in [-0.3, -0.25) is 9.69 Å². The molecule has 2 heterocycles. The predicted molar refractivity (Wildman–Crippen MR) is 106 cm³/mol. The molecule has 0 radical (unpaired) electrons. The smallest absolute Gasteiger partial charge is 0.261 e. The molecule has 0 bridgehead atoms. The molecule has 1 atom stereocenters. The van der Waals surface area contributed by atoms with Crippen molar-refractivity contribution in [2.75, 3.05) is 16.8 Å². The van der Waals surface area contributed by atoms with Gasteiger partial charge in [-0.2, -0.15) is 0 Å². The van der Waals surface area contributed by atoms with Crippen LogP contribution in [0, 0.1) is 0 Å². The molecule has 4 rings (SSSR count). The first-order chi connectivity index (χ1) is 13.2. The van der Waals surface area contributed by atoms with E-state index in [1.54, 1.807) is 23.2 Å². The van der Waals surface area contributed by atoms with E-state index in [2.05, 4.69) is 10.3 Å². The Morgan fingerprint density at radius 1 is 1.11 bits per heavy atom. The van der Waals surface area contributed by atoms with Crippen LogP contribution in [0.2, 0.25) is 5.02 Å². The molecule has 0 fully saturated rings. The molecule has 1 amide bonds. The number of carbonyl (C=O) groups is 1. The summed E-state index contributed by atoms with van der Waals surface area (Å²) >= 11 is 5.97. The molecule has 5 nitrogen and oxygen atoms in total. The second-order valence-electron chi connectivity index (χ2n) is 6.07. The highest BCUT2D eigenvalue weighted by Gasteiger charge is 2.38. The van der Waals surface area contributed by atoms with Gasteiger partial charge in [-0.15, -0.1) is 0 Å². The first-order valence-corrected chi connectivity index (χ1v) is 9.09. The van der Waals surface area contributed by atoms with Gasteiger partial charge in [0.15, 0.2) is 0 Å². The summed E-state index contributed by atoms with van der Waals surface area (Å²) in [6.45, 7) is 2.50. The summed E-state index contributed by atoms with van der Waals surface area (Å²) in [6, 6.07) is 18.7. The predicted octanol–water partition coefficient (Wildman–Crippen LogP) is 4.90. The van der Waals surface area contributed by atoms with E-state index in [4.69, 9.17) is 16.3 Å². The third kappa shape index (κ3) is 3.22. The van der Waals surface area contributed by atoms with E-state index >= 15 is 0 Å². The molecule has 1 aromatic heterocycles. The van der Waals surface area contributed by atoms with E-state index < -0.39 is 6.17 Å². The van der Waals surface area contributed by atoms with Crippen molar-refractivity contribution in [1.82, 2.24) is 4.98 Å². The van der Waals surface area contributed by atoms with Crippen molar-refractivity contribution in [2.24, 2.45) is 0 Å². The second-order valence-corrected chi connectivity index (χ2v) is 6.51. The van der Waals surface area contributed by atoms with Gasteiger partial charge in [0.05, 0.1) is 17.3 Å². The summed E-state index contributed by atoms with van der Waals surface area (Å²) in [5.41, 5.74) is 2.36. The van der Waals surface area contributed by atoms with Crippen LogP contribution in [0.5, 0.6) is 5.75 Å². The SMILES string of the molecule is CCOc1ccccc1NC1c2ccccc2C(=O)N1c1ccc(Cl)cn1. The number of amides is 1. The first-order valence-electron chi connectivity index (χ1n) is 8.71. The molecule has 0 aliphatic carbocycles. The molecule has 1 aliphatic heterocycles. The van der Waals surface area contributed by atoms with E-state index in [9.17, 15) is 4.79 Å². The van der Waals surface area contributed by atoms with Gasteiger partial charge in [0.1, 0.15) is 17.7 Å². The van der Waals surface area contributed by atoms with Gasteiger partial charge in [-0.25, -0.2) is 4.98 Å². The summed E-state index contributed by atoms with van der Waals surface area (Å²) < 4.78 is 5.72. The lowest BCUT2D eigenvalue weighted by molar-refractivity contribution is 0.0992. The molecule has 136 valence electrons. The second kappa shape index (κ2) is 7.29. The Labute approximate surface area is 162 Å². The molecule has 1 aliphatic rings. The number of hydrogen-bond donors (Lipinski definition) is 1. The van der Waals surface area contributed by atoms with E-state index in [1.807, 2.05) is 55.5 Å². The highest BCUT2D eigenvalue weighted by Crippen LogP contribution is 2.39. The maximum absolute atomic E-state index is 13.1. The Hall–Kier alpha value is -3.05. The minimum absolute atomic E-state index is 0.105. The minimum Gasteiger partial charge on any atom is -0.492 e. The fourth-order valence-corrected chi connectivity index (χ4v) is 3.33. The average Bonchev–Trinajstić information content (AvgIpc) is 2.97. The lowest BCUT2D eigenvalue weighted by Crippen LogP contribution is -2.33. The highest BCUT2D eigenvalue weighted by atomic mass is 35.5. The van der Waals surface area contributed by atoms with Gasteiger partial charge in [0.25, 0.3) is 5.91 Å². The summed E-state index contributed by atoms with van der Waals surface area (Å²) in [7, 11) is 0. The molecule has 0 saturated carbocycles. The summed E-state index contributed by atoms with van der Waals surface area (Å²) in [6.07, 6.45) is 1.14. The third-order valence-corrected chi connectivity index (χ3v) is 4.62. The van der Waals surface area contributed by atoms with Crippen LogP contribution in [0.25, 0.3) is 0 Å². The largest absolute Gasteiger partial charge is 0.492 e. The Morgan fingerprint density at radius 2 is 1.89 bits per heavy atom. The zero-order valence-corrected chi connectivity index (χ0v) is 15.5. The van der Waals surface area contributed by atoms with Crippen molar-refractivity contribution in [1.29, 1.82) is 0 Å². The van der Waals surface area contributed by atoms with E-state index in [0.717, 1.165) is 17.0 Å². The average molecular weight is 380 g/mol. The Kier molecular flexibility index (Phi) is 4.69. The molecule has 0 saturated heterocycles. The number of carbonyl (C=O) groups excluding carboxylic acids is 1. The van der Waals surface area contributed by atoms with Crippen LogP contribution in [0.3, 0.4) is 0 Å². The number of benzene rings is 2. The zero-order chi connectivity index (χ0) is 18.8. The fourth-order valence-electron chi connectivity index (χ4n) is 3.22. The van der Waals surface area contributed by atoms with E-state index in [0.29, 0.717) is 23.0 Å². The standard InChI is InChI=1S/C21H18ClN3O2/c1-2-27-18-10-6-5-9-17(18)24-20-15-7-3-4-8-16(15)21(26)25(20)19-12-11-14(22)13-23-19/h3-13,20,24H,2H2,1H3. The van der Waals surface area contributed by atoms with E-state index in [1.165, 1.54) is 0 Å². The molecular formula is C21H18ClN3O2. The number of para-hydroxylation sites is 2. The quantitative estimate of drug-likeness (QED) is 0.684. The maximum atomic E-state index is 13.1. The number of aromatic nitrogens is 1. The van der Waals surface area contributed by atoms with Gasteiger partial charge in [-0.1, -0.05) is 41.9 Å². The maximum Gasteiger partial charge on any atom is 0.261 e. The van der Waals surface area contributed by atoms with Crippen molar-refractivity contribution in [3.8, 4) is 5.75 Å². The minimum atomic E-state index is -0.399. The number of rotatable bonds is 5. The van der Waals surface area contributed by atoms with Crippen LogP contribution in [0.15, 0.2) is 66.9 Å². The number of ether oxygens (including phenoxy) is 1. The molecule has 3 aromatic rings. The lowest BCUT2D eigenvalue weighted by atomic mass is 10.1. The van der Waals surface area contributed by atoms with Gasteiger partial charge in [0, 0.05) is 17.3 Å². The fraction of sp³-hybridized carbons (Fsp3) is 0.143. The molecule has 27 heavy (non-hydrogen) atoms. The van der Waals surface area contributed by atoms with Crippen molar-refractivity contribution >= 4 is 29.0 Å². The number of fused-ring (bicyclic) bond motifs is 1. The summed E-state index contributed by atoms with van der Waals surface area (Å²) in [5.74, 6) is 1.17. The zero-order valence-electron chi connectivity index (χ0n) is 14.7. The van der Waals surface area contributed by atoms with Crippen LogP contribution in [-0.4, -0.2) is 17.5 Å². The molecule has 6 heteroatoms. The highest BCUT2D eigenvalue weighted by molar-refractivity contribution is 6.30. The van der Waals surface area contributed by atoms with Gasteiger partial charge < -0.3 is 10.1 Å². The van der Waals surface area contributed by atoms with Crippen LogP contribution in [0.4, 0.5) is 11.5 Å². The van der Waals surface area contributed by atoms with Crippen molar-refractivity contribution in [2.45, 2.75) is 13.1 Å². The van der Waals surface area contributed by atoms with Gasteiger partial charge >= 0.3 is 0 Å². The van der Waals surface area contributed by atoms with Crippen LogP contribution in [0.1, 0.15) is 29.0 Å². The van der Waals surface area contributed by atoms with Crippen LogP contribution >= 0.6 is 11.6 Å². The molecule has 1 N–H and O–H groups in total. The lowest BCUT2D eigenvalue weighted by Gasteiger charge is -2.27.